The van der Waals surface area contributed by atoms with Crippen molar-refractivity contribution in [2.75, 3.05) is 57.5 Å². The Morgan fingerprint density at radius 2 is 1.72 bits per heavy atom. The Morgan fingerprint density at radius 3 is 2.28 bits per heavy atom. The Balaban J connectivity index is 0.000000284. The molecule has 8 nitrogen and oxygen atoms in total. The van der Waals surface area contributed by atoms with Gasteiger partial charge in [-0.2, -0.15) is 0 Å². The van der Waals surface area contributed by atoms with Crippen LogP contribution in [0.4, 0.5) is 5.69 Å². The number of benzene rings is 1. The van der Waals surface area contributed by atoms with Crippen molar-refractivity contribution in [2.45, 2.75) is 112 Å². The highest BCUT2D eigenvalue weighted by Crippen LogP contribution is 2.40. The molecule has 1 aromatic carbocycles. The summed E-state index contributed by atoms with van der Waals surface area (Å²) >= 11 is 0. The van der Waals surface area contributed by atoms with Gasteiger partial charge in [0.1, 0.15) is 12.1 Å². The number of ether oxygens (including phenoxy) is 1. The van der Waals surface area contributed by atoms with Crippen molar-refractivity contribution in [1.29, 1.82) is 0 Å². The molecule has 0 bridgehead atoms. The van der Waals surface area contributed by atoms with Gasteiger partial charge in [-0.3, -0.25) is 19.5 Å². The summed E-state index contributed by atoms with van der Waals surface area (Å²) in [5, 5.41) is 5.90. The third-order valence-electron chi connectivity index (χ3n) is 9.75. The first-order valence-electron chi connectivity index (χ1n) is 19.0. The number of ketones is 1. The molecule has 1 aliphatic heterocycles. The molecule has 1 amide bonds. The average Bonchev–Trinajstić information content (AvgIpc) is 3.59. The smallest absolute Gasteiger partial charge is 0.257 e. The second kappa shape index (κ2) is 24.6. The highest BCUT2D eigenvalue weighted by molar-refractivity contribution is 7.37. The van der Waals surface area contributed by atoms with Crippen molar-refractivity contribution in [3.8, 4) is 0 Å². The first-order valence-corrected chi connectivity index (χ1v) is 20.4. The van der Waals surface area contributed by atoms with Gasteiger partial charge in [0.05, 0.1) is 30.5 Å². The SMILES string of the molecule is CC(C)CCN1CCOCC1.CCCPCCCCC1(C=O)CCCC1.CNC(Cc1ccc(NC(=O)c2c(C)ccnc2C)cc1)C(C)=O. The molecule has 0 radical (unpaired) electrons. The number of anilines is 1. The fraction of sp³-hybridized carbons (Fsp3) is 0.659. The van der Waals surface area contributed by atoms with Gasteiger partial charge in [-0.15, -0.1) is 8.58 Å². The first-order chi connectivity index (χ1) is 24.0. The summed E-state index contributed by atoms with van der Waals surface area (Å²) in [6, 6.07) is 9.18. The van der Waals surface area contributed by atoms with Crippen molar-refractivity contribution >= 4 is 32.2 Å². The number of amides is 1. The van der Waals surface area contributed by atoms with Crippen LogP contribution >= 0.6 is 8.58 Å². The van der Waals surface area contributed by atoms with Crippen LogP contribution in [0.5, 0.6) is 0 Å². The second-order valence-electron chi connectivity index (χ2n) is 14.4. The number of nitrogens with one attached hydrogen (secondary N) is 2. The van der Waals surface area contributed by atoms with Crippen LogP contribution in [0.2, 0.25) is 0 Å². The number of hydrogen-bond acceptors (Lipinski definition) is 7. The Kier molecular flexibility index (Phi) is 21.5. The molecule has 2 aliphatic rings. The molecule has 2 atom stereocenters. The van der Waals surface area contributed by atoms with Crippen LogP contribution in [0.15, 0.2) is 36.5 Å². The summed E-state index contributed by atoms with van der Waals surface area (Å²) in [7, 11) is 2.93. The Hall–Kier alpha value is -2.51. The molecule has 1 aromatic heterocycles. The van der Waals surface area contributed by atoms with E-state index in [0.717, 1.165) is 76.9 Å². The van der Waals surface area contributed by atoms with Gasteiger partial charge < -0.3 is 20.2 Å². The third kappa shape index (κ3) is 16.7. The molecule has 0 spiro atoms. The Labute approximate surface area is 305 Å². The van der Waals surface area contributed by atoms with Crippen LogP contribution in [0.1, 0.15) is 113 Å². The molecule has 2 aromatic rings. The summed E-state index contributed by atoms with van der Waals surface area (Å²) in [5.41, 5.74) is 4.07. The molecular formula is C41H67N4O4P. The van der Waals surface area contributed by atoms with Crippen LogP contribution in [0.3, 0.4) is 0 Å². The fourth-order valence-corrected chi connectivity index (χ4v) is 7.54. The predicted molar refractivity (Wildman–Crippen MR) is 211 cm³/mol. The van der Waals surface area contributed by atoms with Crippen LogP contribution in [0.25, 0.3) is 0 Å². The van der Waals surface area contributed by atoms with E-state index in [4.69, 9.17) is 4.74 Å². The number of rotatable bonds is 17. The molecule has 2 fully saturated rings. The van der Waals surface area contributed by atoms with E-state index in [1.807, 2.05) is 44.2 Å². The van der Waals surface area contributed by atoms with E-state index in [1.54, 1.807) is 20.2 Å². The summed E-state index contributed by atoms with van der Waals surface area (Å²) in [6.07, 6.45) is 17.7. The maximum Gasteiger partial charge on any atom is 0.257 e. The van der Waals surface area contributed by atoms with Crippen molar-refractivity contribution < 1.29 is 19.1 Å². The predicted octanol–water partition coefficient (Wildman–Crippen LogP) is 8.04. The van der Waals surface area contributed by atoms with Crippen LogP contribution in [-0.4, -0.2) is 86.1 Å². The van der Waals surface area contributed by atoms with Crippen molar-refractivity contribution in [3.63, 3.8) is 0 Å². The lowest BCUT2D eigenvalue weighted by molar-refractivity contribution is -0.119. The molecule has 9 heteroatoms. The third-order valence-corrected chi connectivity index (χ3v) is 11.3. The number of carbonyl (C=O) groups excluding carboxylic acids is 3. The van der Waals surface area contributed by atoms with Crippen molar-refractivity contribution in [1.82, 2.24) is 15.2 Å². The lowest BCUT2D eigenvalue weighted by atomic mass is 9.83. The van der Waals surface area contributed by atoms with Gasteiger partial charge in [-0.1, -0.05) is 58.6 Å². The summed E-state index contributed by atoms with van der Waals surface area (Å²) in [4.78, 5) is 41.7. The minimum Gasteiger partial charge on any atom is -0.379 e. The molecule has 1 aliphatic carbocycles. The number of morpholine rings is 1. The van der Waals surface area contributed by atoms with Gasteiger partial charge >= 0.3 is 0 Å². The second-order valence-corrected chi connectivity index (χ2v) is 15.9. The van der Waals surface area contributed by atoms with Gasteiger partial charge in [-0.05, 0) is 120 Å². The maximum atomic E-state index is 12.4. The lowest BCUT2D eigenvalue weighted by Gasteiger charge is -2.26. The van der Waals surface area contributed by atoms with Gasteiger partial charge in [0.15, 0.2) is 0 Å². The van der Waals surface area contributed by atoms with E-state index in [2.05, 4.69) is 41.3 Å². The van der Waals surface area contributed by atoms with Gasteiger partial charge in [0.2, 0.25) is 0 Å². The van der Waals surface area contributed by atoms with E-state index in [1.165, 1.54) is 63.7 Å². The van der Waals surface area contributed by atoms with Crippen LogP contribution in [-0.2, 0) is 20.7 Å². The summed E-state index contributed by atoms with van der Waals surface area (Å²) < 4.78 is 5.26. The fourth-order valence-electron chi connectivity index (χ4n) is 6.44. The molecule has 2 unspecified atom stereocenters. The van der Waals surface area contributed by atoms with Crippen LogP contribution in [0, 0.1) is 25.2 Å². The minimum atomic E-state index is -0.189. The zero-order valence-electron chi connectivity index (χ0n) is 32.2. The highest BCUT2D eigenvalue weighted by atomic mass is 31.1. The summed E-state index contributed by atoms with van der Waals surface area (Å²) in [6.45, 7) is 17.5. The number of Topliss-reactive ketones (excluding diaryl/α,β-unsaturated/α-hetero) is 1. The molecule has 1 saturated heterocycles. The van der Waals surface area contributed by atoms with Gasteiger partial charge in [0, 0.05) is 30.4 Å². The van der Waals surface area contributed by atoms with E-state index >= 15 is 0 Å². The molecule has 2 N–H and O–H groups in total. The minimum absolute atomic E-state index is 0.105. The first kappa shape index (κ1) is 43.7. The van der Waals surface area contributed by atoms with E-state index in [-0.39, 0.29) is 23.1 Å². The number of aryl methyl sites for hydroxylation is 2. The van der Waals surface area contributed by atoms with Crippen LogP contribution < -0.4 is 10.6 Å². The summed E-state index contributed by atoms with van der Waals surface area (Å²) in [5.74, 6) is 0.776. The largest absolute Gasteiger partial charge is 0.379 e. The molecule has 50 heavy (non-hydrogen) atoms. The standard InChI is InChI=1S/C19H23N3O2.C13H25OP.C9H19NO/c1-12-9-10-21-13(2)18(12)19(24)22-16-7-5-15(6-8-16)11-17(20-4)14(3)23;1-2-10-15-11-6-5-9-13(12-14)7-3-4-8-13;1-9(2)3-4-10-5-7-11-8-6-10/h5-10,17,20H,11H2,1-4H3,(H,22,24);12,15H,2-11H2,1H3;9H,3-8H2,1-2H3. The average molecular weight is 711 g/mol. The normalized spacial score (nSPS) is 16.3. The number of unbranched alkanes of at least 4 members (excludes halogenated alkanes) is 1. The van der Waals surface area contributed by atoms with Crippen molar-refractivity contribution in [2.24, 2.45) is 11.3 Å². The number of aldehydes is 1. The van der Waals surface area contributed by atoms with Crippen molar-refractivity contribution in [3.05, 3.63) is 58.9 Å². The molecule has 4 rings (SSSR count). The monoisotopic (exact) mass is 710 g/mol. The number of likely N-dealkylation sites (N-methyl/N-ethyl adjacent to an activating group) is 1. The Morgan fingerprint density at radius 1 is 1.04 bits per heavy atom. The number of nitrogens with zero attached hydrogens (tertiary/aromatic N) is 2. The number of carbonyl (C=O) groups is 3. The molecular weight excluding hydrogens is 643 g/mol. The number of aromatic nitrogens is 1. The zero-order chi connectivity index (χ0) is 36.8. The van der Waals surface area contributed by atoms with E-state index < -0.39 is 0 Å². The lowest BCUT2D eigenvalue weighted by Crippen LogP contribution is -2.37. The topological polar surface area (TPSA) is 101 Å². The highest BCUT2D eigenvalue weighted by Gasteiger charge is 2.32. The zero-order valence-corrected chi connectivity index (χ0v) is 33.2. The van der Waals surface area contributed by atoms with Gasteiger partial charge in [0.25, 0.3) is 5.91 Å². The van der Waals surface area contributed by atoms with E-state index in [0.29, 0.717) is 17.7 Å². The Bertz CT molecular complexity index is 1240. The molecule has 1 saturated carbocycles. The number of hydrogen-bond donors (Lipinski definition) is 2. The molecule has 2 heterocycles. The van der Waals surface area contributed by atoms with E-state index in [9.17, 15) is 14.4 Å². The molecule has 280 valence electrons. The quantitative estimate of drug-likeness (QED) is 0.0974. The maximum absolute atomic E-state index is 12.4. The number of pyridine rings is 1. The van der Waals surface area contributed by atoms with Gasteiger partial charge in [-0.25, -0.2) is 0 Å².